The first kappa shape index (κ1) is 13.9. The highest BCUT2D eigenvalue weighted by Gasteiger charge is 2.39. The van der Waals surface area contributed by atoms with Gasteiger partial charge in [-0.3, -0.25) is 4.90 Å². The second-order valence-electron chi connectivity index (χ2n) is 5.83. The van der Waals surface area contributed by atoms with Gasteiger partial charge >= 0.3 is 0 Å². The van der Waals surface area contributed by atoms with Crippen LogP contribution in [0.15, 0.2) is 11.8 Å². The van der Waals surface area contributed by atoms with Crippen molar-refractivity contribution in [3.8, 4) is 0 Å². The van der Waals surface area contributed by atoms with Gasteiger partial charge < -0.3 is 10.5 Å². The molecule has 0 aromatic rings. The van der Waals surface area contributed by atoms with E-state index in [1.54, 1.807) is 0 Å². The monoisotopic (exact) mass is 252 g/mol. The molecule has 2 N–H and O–H groups in total. The van der Waals surface area contributed by atoms with Crippen molar-refractivity contribution in [1.82, 2.24) is 4.90 Å². The summed E-state index contributed by atoms with van der Waals surface area (Å²) in [5.74, 6) is 1.02. The molecule has 0 saturated carbocycles. The molecular formula is C15H28N2O. The van der Waals surface area contributed by atoms with Crippen molar-refractivity contribution in [2.24, 2.45) is 5.73 Å². The van der Waals surface area contributed by atoms with Crippen molar-refractivity contribution in [1.29, 1.82) is 0 Å². The molecule has 2 aliphatic rings. The summed E-state index contributed by atoms with van der Waals surface area (Å²) in [5.41, 5.74) is 6.58. The Morgan fingerprint density at radius 2 is 2.06 bits per heavy atom. The maximum atomic E-state index is 6.53. The molecule has 0 amide bonds. The van der Waals surface area contributed by atoms with Crippen molar-refractivity contribution in [2.75, 3.05) is 19.7 Å². The molecule has 2 unspecified atom stereocenters. The van der Waals surface area contributed by atoms with Gasteiger partial charge in [0, 0.05) is 5.54 Å². The normalized spacial score (nSPS) is 26.9. The van der Waals surface area contributed by atoms with Crippen LogP contribution in [-0.4, -0.2) is 36.2 Å². The van der Waals surface area contributed by atoms with E-state index in [4.69, 9.17) is 10.5 Å². The second kappa shape index (κ2) is 6.07. The minimum Gasteiger partial charge on any atom is -0.497 e. The standard InChI is InChI=1S/C15H28N2O/c1-3-15(2,17-10-6-4-7-11-17)14(16)13-9-5-8-12-18-13/h9,14H,3-8,10-12,16H2,1-2H3. The number of hydrogen-bond acceptors (Lipinski definition) is 3. The molecule has 0 aromatic heterocycles. The Balaban J connectivity index is 2.11. The molecule has 0 spiro atoms. The summed E-state index contributed by atoms with van der Waals surface area (Å²) in [6, 6.07) is 0.0147. The topological polar surface area (TPSA) is 38.5 Å². The molecule has 1 saturated heterocycles. The van der Waals surface area contributed by atoms with Crippen LogP contribution in [0.2, 0.25) is 0 Å². The molecule has 2 aliphatic heterocycles. The first-order valence-corrected chi connectivity index (χ1v) is 7.52. The maximum absolute atomic E-state index is 6.53. The summed E-state index contributed by atoms with van der Waals surface area (Å²) in [6.45, 7) is 7.76. The fraction of sp³-hybridized carbons (Fsp3) is 0.867. The van der Waals surface area contributed by atoms with Crippen molar-refractivity contribution in [3.05, 3.63) is 11.8 Å². The van der Waals surface area contributed by atoms with Crippen LogP contribution in [0, 0.1) is 0 Å². The van der Waals surface area contributed by atoms with Gasteiger partial charge in [-0.2, -0.15) is 0 Å². The lowest BCUT2D eigenvalue weighted by Gasteiger charge is -2.47. The fourth-order valence-corrected chi connectivity index (χ4v) is 3.14. The molecule has 3 nitrogen and oxygen atoms in total. The van der Waals surface area contributed by atoms with Crippen molar-refractivity contribution in [2.45, 2.75) is 64.0 Å². The number of rotatable bonds is 4. The Labute approximate surface area is 111 Å². The van der Waals surface area contributed by atoms with Gasteiger partial charge in [-0.05, 0) is 58.2 Å². The lowest BCUT2D eigenvalue weighted by atomic mass is 9.84. The van der Waals surface area contributed by atoms with Crippen LogP contribution in [0.25, 0.3) is 0 Å². The van der Waals surface area contributed by atoms with Gasteiger partial charge in [0.2, 0.25) is 0 Å². The second-order valence-corrected chi connectivity index (χ2v) is 5.83. The highest BCUT2D eigenvalue weighted by atomic mass is 16.5. The number of nitrogens with two attached hydrogens (primary N) is 1. The molecule has 2 atom stereocenters. The van der Waals surface area contributed by atoms with E-state index in [0.717, 1.165) is 31.6 Å². The third kappa shape index (κ3) is 2.72. The number of nitrogens with zero attached hydrogens (tertiary/aromatic N) is 1. The van der Waals surface area contributed by atoms with Gasteiger partial charge in [0.15, 0.2) is 0 Å². The van der Waals surface area contributed by atoms with E-state index in [9.17, 15) is 0 Å². The van der Waals surface area contributed by atoms with Gasteiger partial charge in [-0.25, -0.2) is 0 Å². The summed E-state index contributed by atoms with van der Waals surface area (Å²) < 4.78 is 5.79. The molecule has 2 heterocycles. The minimum atomic E-state index is 0.0147. The third-order valence-electron chi connectivity index (χ3n) is 4.73. The van der Waals surface area contributed by atoms with Crippen LogP contribution in [0.5, 0.6) is 0 Å². The number of hydrogen-bond donors (Lipinski definition) is 1. The Hall–Kier alpha value is -0.540. The first-order chi connectivity index (χ1) is 8.68. The highest BCUT2D eigenvalue weighted by Crippen LogP contribution is 2.31. The van der Waals surface area contributed by atoms with Gasteiger partial charge in [-0.15, -0.1) is 0 Å². The van der Waals surface area contributed by atoms with Gasteiger partial charge in [0.1, 0.15) is 5.76 Å². The van der Waals surface area contributed by atoms with Crippen LogP contribution < -0.4 is 5.73 Å². The lowest BCUT2D eigenvalue weighted by molar-refractivity contribution is 0.0404. The molecule has 0 bridgehead atoms. The zero-order chi connectivity index (χ0) is 13.0. The summed E-state index contributed by atoms with van der Waals surface area (Å²) >= 11 is 0. The van der Waals surface area contributed by atoms with Gasteiger partial charge in [0.05, 0.1) is 12.6 Å². The molecule has 1 fully saturated rings. The average molecular weight is 252 g/mol. The van der Waals surface area contributed by atoms with Crippen molar-refractivity contribution < 1.29 is 4.74 Å². The van der Waals surface area contributed by atoms with E-state index < -0.39 is 0 Å². The lowest BCUT2D eigenvalue weighted by Crippen LogP contribution is -2.60. The van der Waals surface area contributed by atoms with E-state index in [-0.39, 0.29) is 11.6 Å². The largest absolute Gasteiger partial charge is 0.497 e. The molecule has 104 valence electrons. The molecular weight excluding hydrogens is 224 g/mol. The first-order valence-electron chi connectivity index (χ1n) is 7.52. The smallest absolute Gasteiger partial charge is 0.111 e. The van der Waals surface area contributed by atoms with E-state index in [1.165, 1.54) is 32.4 Å². The van der Waals surface area contributed by atoms with E-state index in [0.29, 0.717) is 0 Å². The zero-order valence-corrected chi connectivity index (χ0v) is 12.0. The molecule has 0 radical (unpaired) electrons. The predicted octanol–water partition coefficient (Wildman–Crippen LogP) is 2.66. The number of ether oxygens (including phenoxy) is 1. The summed E-state index contributed by atoms with van der Waals surface area (Å²) in [5, 5.41) is 0. The molecule has 3 heteroatoms. The molecule has 2 rings (SSSR count). The summed E-state index contributed by atoms with van der Waals surface area (Å²) in [7, 11) is 0. The Kier molecular flexibility index (Phi) is 4.68. The van der Waals surface area contributed by atoms with Crippen LogP contribution in [0.1, 0.15) is 52.4 Å². The van der Waals surface area contributed by atoms with Gasteiger partial charge in [-0.1, -0.05) is 13.3 Å². The van der Waals surface area contributed by atoms with Crippen LogP contribution in [-0.2, 0) is 4.74 Å². The van der Waals surface area contributed by atoms with Crippen LogP contribution >= 0.6 is 0 Å². The highest BCUT2D eigenvalue weighted by molar-refractivity contribution is 5.14. The minimum absolute atomic E-state index is 0.0147. The maximum Gasteiger partial charge on any atom is 0.111 e. The fourth-order valence-electron chi connectivity index (χ4n) is 3.14. The quantitative estimate of drug-likeness (QED) is 0.836. The zero-order valence-electron chi connectivity index (χ0n) is 12.0. The molecule has 0 aliphatic carbocycles. The van der Waals surface area contributed by atoms with Crippen molar-refractivity contribution in [3.63, 3.8) is 0 Å². The van der Waals surface area contributed by atoms with Crippen LogP contribution in [0.4, 0.5) is 0 Å². The van der Waals surface area contributed by atoms with Crippen molar-refractivity contribution >= 4 is 0 Å². The van der Waals surface area contributed by atoms with Crippen LogP contribution in [0.3, 0.4) is 0 Å². The van der Waals surface area contributed by atoms with E-state index in [2.05, 4.69) is 24.8 Å². The third-order valence-corrected chi connectivity index (χ3v) is 4.73. The molecule has 18 heavy (non-hydrogen) atoms. The number of allylic oxidation sites excluding steroid dienone is 1. The Bertz CT molecular complexity index is 297. The predicted molar refractivity (Wildman–Crippen MR) is 75.4 cm³/mol. The van der Waals surface area contributed by atoms with E-state index in [1.807, 2.05) is 0 Å². The SMILES string of the molecule is CCC(C)(C(N)C1=CCCCO1)N1CCCCC1. The Morgan fingerprint density at radius 3 is 2.61 bits per heavy atom. The number of piperidine rings is 1. The summed E-state index contributed by atoms with van der Waals surface area (Å²) in [6.07, 6.45) is 9.50. The average Bonchev–Trinajstić information content (AvgIpc) is 2.47. The van der Waals surface area contributed by atoms with Gasteiger partial charge in [0.25, 0.3) is 0 Å². The molecule has 0 aromatic carbocycles. The Morgan fingerprint density at radius 1 is 1.33 bits per heavy atom. The number of likely N-dealkylation sites (tertiary alicyclic amines) is 1. The summed E-state index contributed by atoms with van der Waals surface area (Å²) in [4.78, 5) is 2.58. The van der Waals surface area contributed by atoms with E-state index >= 15 is 0 Å².